The molecular weight excluding hydrogens is 520 g/mol. The average Bonchev–Trinajstić information content (AvgIpc) is 3.69. The van der Waals surface area contributed by atoms with Crippen molar-refractivity contribution in [2.75, 3.05) is 27.2 Å². The third kappa shape index (κ3) is 6.30. The predicted octanol–water partition coefficient (Wildman–Crippen LogP) is 5.10. The molecule has 0 aliphatic heterocycles. The highest BCUT2D eigenvalue weighted by Gasteiger charge is 2.32. The van der Waals surface area contributed by atoms with E-state index < -0.39 is 10.7 Å². The third-order valence-electron chi connectivity index (χ3n) is 6.60. The highest BCUT2D eigenvalue weighted by Crippen LogP contribution is 2.38. The van der Waals surface area contributed by atoms with Crippen molar-refractivity contribution < 1.29 is 9.44 Å². The Morgan fingerprint density at radius 2 is 1.83 bits per heavy atom. The lowest BCUT2D eigenvalue weighted by atomic mass is 10.1. The molecule has 7 nitrogen and oxygen atoms in total. The average molecular weight is 554 g/mol. The molecule has 0 bridgehead atoms. The molecular formula is C28H33BrN4O3. The van der Waals surface area contributed by atoms with Gasteiger partial charge in [0.05, 0.1) is 39.8 Å². The second kappa shape index (κ2) is 11.1. The summed E-state index contributed by atoms with van der Waals surface area (Å²) in [5.41, 5.74) is 2.22. The summed E-state index contributed by atoms with van der Waals surface area (Å²) in [5, 5.41) is 12.5. The van der Waals surface area contributed by atoms with Gasteiger partial charge in [-0.1, -0.05) is 53.2 Å². The molecule has 4 rings (SSSR count). The topological polar surface area (TPSA) is 78.3 Å². The van der Waals surface area contributed by atoms with E-state index in [1.165, 1.54) is 0 Å². The standard InChI is InChI=1S/C28H33BrN4O3/c1-4-25(31(16-17-33(2,3)36)27(34)22-12-14-23(29)15-13-22)26-30-18-24(21-10-11-21)28(35)32(26)19-20-8-6-5-7-9-20/h5-9,12-15,18,21,25H,4,10-11,16-17,19H2,1-3H3. The smallest absolute Gasteiger partial charge is 0.257 e. The molecule has 1 aliphatic carbocycles. The van der Waals surface area contributed by atoms with Gasteiger partial charge in [0.1, 0.15) is 5.82 Å². The Kier molecular flexibility index (Phi) is 8.07. The van der Waals surface area contributed by atoms with Gasteiger partial charge in [-0.3, -0.25) is 14.2 Å². The normalized spacial score (nSPS) is 14.5. The molecule has 1 unspecified atom stereocenters. The van der Waals surface area contributed by atoms with Crippen LogP contribution in [0.2, 0.25) is 0 Å². The number of halogens is 1. The zero-order valence-electron chi connectivity index (χ0n) is 21.1. The van der Waals surface area contributed by atoms with Gasteiger partial charge in [-0.2, -0.15) is 0 Å². The lowest BCUT2D eigenvalue weighted by Gasteiger charge is -2.38. The van der Waals surface area contributed by atoms with Gasteiger partial charge in [-0.15, -0.1) is 0 Å². The van der Waals surface area contributed by atoms with Crippen molar-refractivity contribution in [3.8, 4) is 0 Å². The summed E-state index contributed by atoms with van der Waals surface area (Å²) in [7, 11) is 3.13. The summed E-state index contributed by atoms with van der Waals surface area (Å²) in [6, 6.07) is 16.6. The Balaban J connectivity index is 1.79. The first kappa shape index (κ1) is 26.3. The Morgan fingerprint density at radius 3 is 2.42 bits per heavy atom. The van der Waals surface area contributed by atoms with Crippen molar-refractivity contribution in [2.45, 2.75) is 44.7 Å². The van der Waals surface area contributed by atoms with Gasteiger partial charge >= 0.3 is 0 Å². The molecule has 1 aliphatic rings. The number of hydrogen-bond acceptors (Lipinski definition) is 4. The summed E-state index contributed by atoms with van der Waals surface area (Å²) in [4.78, 5) is 34.0. The van der Waals surface area contributed by atoms with Crippen molar-refractivity contribution in [1.82, 2.24) is 14.5 Å². The molecule has 1 saturated carbocycles. The molecule has 3 aromatic rings. The van der Waals surface area contributed by atoms with Crippen molar-refractivity contribution in [3.63, 3.8) is 0 Å². The zero-order valence-corrected chi connectivity index (χ0v) is 22.6. The highest BCUT2D eigenvalue weighted by molar-refractivity contribution is 9.10. The molecule has 8 heteroatoms. The maximum atomic E-state index is 13.8. The minimum Gasteiger partial charge on any atom is -0.633 e. The van der Waals surface area contributed by atoms with Crippen molar-refractivity contribution in [1.29, 1.82) is 0 Å². The summed E-state index contributed by atoms with van der Waals surface area (Å²) < 4.78 is 2.09. The van der Waals surface area contributed by atoms with Gasteiger partial charge in [0.25, 0.3) is 11.5 Å². The zero-order chi connectivity index (χ0) is 25.9. The molecule has 1 heterocycles. The van der Waals surface area contributed by atoms with Crippen molar-refractivity contribution in [2.24, 2.45) is 0 Å². The lowest BCUT2D eigenvalue weighted by molar-refractivity contribution is -0.839. The number of quaternary nitrogens is 1. The summed E-state index contributed by atoms with van der Waals surface area (Å²) in [6.07, 6.45) is 4.26. The van der Waals surface area contributed by atoms with Gasteiger partial charge in [0, 0.05) is 21.8 Å². The summed E-state index contributed by atoms with van der Waals surface area (Å²) >= 11 is 3.42. The van der Waals surface area contributed by atoms with E-state index in [1.54, 1.807) is 41.9 Å². The van der Waals surface area contributed by atoms with Gasteiger partial charge in [0.15, 0.2) is 0 Å². The minimum absolute atomic E-state index is 0.0409. The predicted molar refractivity (Wildman–Crippen MR) is 145 cm³/mol. The maximum Gasteiger partial charge on any atom is 0.257 e. The number of rotatable bonds is 10. The van der Waals surface area contributed by atoms with Crippen molar-refractivity contribution >= 4 is 21.8 Å². The molecule has 1 amide bonds. The number of hydroxylamine groups is 3. The molecule has 1 aromatic heterocycles. The van der Waals surface area contributed by atoms with Gasteiger partial charge in [-0.25, -0.2) is 4.98 Å². The lowest BCUT2D eigenvalue weighted by Crippen LogP contribution is -2.45. The van der Waals surface area contributed by atoms with E-state index in [4.69, 9.17) is 4.98 Å². The molecule has 190 valence electrons. The van der Waals surface area contributed by atoms with E-state index >= 15 is 0 Å². The number of likely N-dealkylation sites (N-methyl/N-ethyl adjacent to an activating group) is 1. The summed E-state index contributed by atoms with van der Waals surface area (Å²) in [5.74, 6) is 0.632. The Morgan fingerprint density at radius 1 is 1.17 bits per heavy atom. The Hall–Kier alpha value is -2.81. The number of amides is 1. The first-order chi connectivity index (χ1) is 17.2. The first-order valence-corrected chi connectivity index (χ1v) is 13.2. The fourth-order valence-electron chi connectivity index (χ4n) is 4.43. The van der Waals surface area contributed by atoms with Crippen LogP contribution in [0.1, 0.15) is 65.5 Å². The monoisotopic (exact) mass is 552 g/mol. The van der Waals surface area contributed by atoms with Crippen LogP contribution in [0.4, 0.5) is 0 Å². The second-order valence-corrected chi connectivity index (χ2v) is 10.9. The van der Waals surface area contributed by atoms with E-state index in [-0.39, 0.29) is 30.5 Å². The van der Waals surface area contributed by atoms with E-state index in [0.29, 0.717) is 24.4 Å². The largest absolute Gasteiger partial charge is 0.633 e. The van der Waals surface area contributed by atoms with Crippen LogP contribution in [0.25, 0.3) is 0 Å². The third-order valence-corrected chi connectivity index (χ3v) is 7.13. The molecule has 2 aromatic carbocycles. The molecule has 0 spiro atoms. The van der Waals surface area contributed by atoms with Gasteiger partial charge in [0.2, 0.25) is 0 Å². The van der Waals surface area contributed by atoms with Crippen LogP contribution in [0.3, 0.4) is 0 Å². The van der Waals surface area contributed by atoms with Crippen molar-refractivity contribution in [3.05, 3.63) is 103 Å². The Labute approximate surface area is 220 Å². The minimum atomic E-state index is -0.522. The first-order valence-electron chi connectivity index (χ1n) is 12.4. The number of nitrogens with zero attached hydrogens (tertiary/aromatic N) is 4. The fourth-order valence-corrected chi connectivity index (χ4v) is 4.69. The van der Waals surface area contributed by atoms with Crippen LogP contribution >= 0.6 is 15.9 Å². The molecule has 0 saturated heterocycles. The van der Waals surface area contributed by atoms with E-state index in [2.05, 4.69) is 15.9 Å². The van der Waals surface area contributed by atoms with Crippen LogP contribution in [-0.2, 0) is 6.54 Å². The molecule has 36 heavy (non-hydrogen) atoms. The number of carbonyl (C=O) groups is 1. The fraction of sp³-hybridized carbons (Fsp3) is 0.393. The molecule has 1 atom stereocenters. The molecule has 0 radical (unpaired) electrons. The second-order valence-electron chi connectivity index (χ2n) is 9.95. The van der Waals surface area contributed by atoms with E-state index in [1.807, 2.05) is 49.4 Å². The highest BCUT2D eigenvalue weighted by atomic mass is 79.9. The number of carbonyl (C=O) groups excluding carboxylic acids is 1. The quantitative estimate of drug-likeness (QED) is 0.259. The SMILES string of the molecule is CCC(c1ncc(C2CC2)c(=O)n1Cc1ccccc1)N(CC[N+](C)(C)[O-])C(=O)c1ccc(Br)cc1. The van der Waals surface area contributed by atoms with E-state index in [0.717, 1.165) is 28.4 Å². The van der Waals surface area contributed by atoms with Crippen LogP contribution in [0.5, 0.6) is 0 Å². The van der Waals surface area contributed by atoms with Gasteiger partial charge in [-0.05, 0) is 55.0 Å². The maximum absolute atomic E-state index is 13.8. The van der Waals surface area contributed by atoms with Crippen LogP contribution in [-0.4, -0.2) is 52.2 Å². The number of hydrogen-bond donors (Lipinski definition) is 0. The Bertz CT molecular complexity index is 1250. The summed E-state index contributed by atoms with van der Waals surface area (Å²) in [6.45, 7) is 2.83. The molecule has 1 fully saturated rings. The number of aromatic nitrogens is 2. The van der Waals surface area contributed by atoms with E-state index in [9.17, 15) is 14.8 Å². The number of benzene rings is 2. The van der Waals surface area contributed by atoms with Crippen LogP contribution in [0, 0.1) is 5.21 Å². The molecule has 0 N–H and O–H groups in total. The van der Waals surface area contributed by atoms with Gasteiger partial charge < -0.3 is 14.8 Å². The van der Waals surface area contributed by atoms with Crippen LogP contribution < -0.4 is 5.56 Å². The van der Waals surface area contributed by atoms with Crippen LogP contribution in [0.15, 0.2) is 70.1 Å².